The van der Waals surface area contributed by atoms with Crippen LogP contribution in [0.5, 0.6) is 0 Å². The van der Waals surface area contributed by atoms with E-state index in [1.807, 2.05) is 137 Å². The smallest absolute Gasteiger partial charge is 0.307 e. The van der Waals surface area contributed by atoms with Gasteiger partial charge in [0.1, 0.15) is 11.6 Å². The second-order valence-corrected chi connectivity index (χ2v) is 17.4. The van der Waals surface area contributed by atoms with Gasteiger partial charge in [0.15, 0.2) is 6.17 Å². The van der Waals surface area contributed by atoms with E-state index in [1.54, 1.807) is 12.2 Å². The summed E-state index contributed by atoms with van der Waals surface area (Å²) < 4.78 is 0. The Morgan fingerprint density at radius 2 is 1.03 bits per heavy atom. The molecule has 360 valence electrons. The lowest BCUT2D eigenvalue weighted by Crippen LogP contribution is -2.47. The van der Waals surface area contributed by atoms with Crippen LogP contribution in [-0.4, -0.2) is 64.1 Å². The zero-order valence-corrected chi connectivity index (χ0v) is 39.3. The third-order valence-corrected chi connectivity index (χ3v) is 11.3. The van der Waals surface area contributed by atoms with Crippen LogP contribution in [-0.2, 0) is 28.8 Å². The van der Waals surface area contributed by atoms with E-state index < -0.39 is 47.9 Å². The van der Waals surface area contributed by atoms with E-state index in [0.717, 1.165) is 33.7 Å². The zero-order valence-electron chi connectivity index (χ0n) is 39.3. The van der Waals surface area contributed by atoms with Crippen molar-refractivity contribution < 1.29 is 33.9 Å². The largest absolute Gasteiger partial charge is 0.481 e. The summed E-state index contributed by atoms with van der Waals surface area (Å²) in [4.78, 5) is 82.0. The van der Waals surface area contributed by atoms with Crippen molar-refractivity contribution >= 4 is 58.1 Å². The first kappa shape index (κ1) is 55.2. The second-order valence-electron chi connectivity index (χ2n) is 17.4. The average molecular weight is 925 g/mol. The molecule has 0 fully saturated rings. The minimum atomic E-state index is -1.12. The molecule has 0 saturated carbocycles. The number of nitrogens with one attached hydrogen (secondary N) is 3. The molecule has 0 saturated heterocycles. The summed E-state index contributed by atoms with van der Waals surface area (Å²) in [6.07, 6.45) is 3.17. The molecular weight excluding hydrogens is 857 g/mol. The number of allylic oxidation sites excluding steroid dienone is 2. The van der Waals surface area contributed by atoms with Gasteiger partial charge < -0.3 is 26.8 Å². The molecule has 6 atom stereocenters. The van der Waals surface area contributed by atoms with E-state index >= 15 is 0 Å². The monoisotopic (exact) mass is 925 g/mol. The highest BCUT2D eigenvalue weighted by molar-refractivity contribution is 6.20. The van der Waals surface area contributed by atoms with Gasteiger partial charge in [-0.3, -0.25) is 33.8 Å². The fourth-order valence-corrected chi connectivity index (χ4v) is 8.01. The first-order chi connectivity index (χ1) is 32.0. The third-order valence-electron chi connectivity index (χ3n) is 11.3. The van der Waals surface area contributed by atoms with Crippen LogP contribution < -0.4 is 21.7 Å². The Morgan fingerprint density at radius 3 is 1.46 bits per heavy atom. The van der Waals surface area contributed by atoms with Crippen molar-refractivity contribution in [3.8, 4) is 0 Å². The first-order valence-corrected chi connectivity index (χ1v) is 22.6. The molecule has 2 aliphatic heterocycles. The lowest BCUT2D eigenvalue weighted by molar-refractivity contribution is -0.147. The van der Waals surface area contributed by atoms with Gasteiger partial charge in [-0.2, -0.15) is 0 Å². The number of carboxylic acids is 1. The highest BCUT2D eigenvalue weighted by Crippen LogP contribution is 2.29. The number of aliphatic carboxylic acids is 1. The minimum Gasteiger partial charge on any atom is -0.481 e. The maximum Gasteiger partial charge on any atom is 0.307 e. The Balaban J connectivity index is 0.000000296. The number of amides is 3. The van der Waals surface area contributed by atoms with Crippen LogP contribution >= 0.6 is 0 Å². The number of nitrogens with two attached hydrogens (primary N) is 1. The number of para-hydroxylation sites is 2. The van der Waals surface area contributed by atoms with Crippen LogP contribution in [0.1, 0.15) is 96.9 Å². The molecule has 4 aromatic rings. The third kappa shape index (κ3) is 15.5. The number of aliphatic imine (C=N–C) groups is 2. The predicted octanol–water partition coefficient (Wildman–Crippen LogP) is 9.27. The number of hydrogen-bond acceptors (Lipinski definition) is 9. The predicted molar refractivity (Wildman–Crippen MR) is 272 cm³/mol. The summed E-state index contributed by atoms with van der Waals surface area (Å²) in [5.74, 6) is -3.69. The topological polar surface area (TPSA) is 209 Å². The van der Waals surface area contributed by atoms with E-state index in [4.69, 9.17) is 10.8 Å². The number of fused-ring (bicyclic) bond motifs is 2. The molecule has 0 radical (unpaired) electrons. The number of benzene rings is 4. The number of carbonyl (C=O) groups is 6. The van der Waals surface area contributed by atoms with Gasteiger partial charge >= 0.3 is 5.97 Å². The zero-order chi connectivity index (χ0) is 49.2. The van der Waals surface area contributed by atoms with Crippen LogP contribution in [0.15, 0.2) is 144 Å². The molecule has 3 amide bonds. The molecule has 6 rings (SSSR count). The normalized spacial score (nSPS) is 16.6. The minimum absolute atomic E-state index is 0. The number of nitrogens with zero attached hydrogens (tertiary/aromatic N) is 2. The van der Waals surface area contributed by atoms with Crippen molar-refractivity contribution in [2.24, 2.45) is 51.2 Å². The molecule has 2 heterocycles. The summed E-state index contributed by atoms with van der Waals surface area (Å²) in [5, 5.41) is 17.6. The molecule has 0 aromatic heterocycles. The lowest BCUT2D eigenvalue weighted by Gasteiger charge is -2.26. The molecule has 6 N–H and O–H groups in total. The Kier molecular flexibility index (Phi) is 21.8. The maximum absolute atomic E-state index is 13.4. The quantitative estimate of drug-likeness (QED) is 0.0643. The molecule has 0 spiro atoms. The number of hydrogen-bond donors (Lipinski definition) is 5. The van der Waals surface area contributed by atoms with Gasteiger partial charge in [0.05, 0.1) is 28.7 Å². The number of anilines is 2. The highest BCUT2D eigenvalue weighted by atomic mass is 16.4. The molecule has 0 bridgehead atoms. The molecular formula is C55H68N6O7. The number of rotatable bonds is 17. The van der Waals surface area contributed by atoms with Crippen molar-refractivity contribution in [2.75, 3.05) is 10.6 Å². The Hall–Kier alpha value is -7.12. The molecule has 2 aliphatic rings. The van der Waals surface area contributed by atoms with Gasteiger partial charge in [0, 0.05) is 40.0 Å². The van der Waals surface area contributed by atoms with Crippen LogP contribution in [0.2, 0.25) is 0 Å². The lowest BCUT2D eigenvalue weighted by atomic mass is 9.80. The van der Waals surface area contributed by atoms with Gasteiger partial charge in [-0.1, -0.05) is 144 Å². The number of benzodiazepines with no additional fused rings is 2. The Labute approximate surface area is 401 Å². The van der Waals surface area contributed by atoms with Crippen LogP contribution in [0.25, 0.3) is 0 Å². The van der Waals surface area contributed by atoms with Gasteiger partial charge in [-0.15, -0.1) is 13.2 Å². The van der Waals surface area contributed by atoms with E-state index in [0.29, 0.717) is 37.1 Å². The summed E-state index contributed by atoms with van der Waals surface area (Å²) >= 11 is 0. The number of carboxylic acid groups (broad SMARTS) is 1. The summed E-state index contributed by atoms with van der Waals surface area (Å²) in [5.41, 5.74) is 12.0. The van der Waals surface area contributed by atoms with E-state index in [2.05, 4.69) is 39.1 Å². The van der Waals surface area contributed by atoms with Gasteiger partial charge in [-0.25, -0.2) is 4.99 Å². The van der Waals surface area contributed by atoms with Crippen LogP contribution in [0.3, 0.4) is 0 Å². The number of ketones is 2. The fraction of sp³-hybridized carbons (Fsp3) is 0.345. The summed E-state index contributed by atoms with van der Waals surface area (Å²) in [6, 6.07) is 34.3. The van der Waals surface area contributed by atoms with E-state index in [-0.39, 0.29) is 42.6 Å². The molecule has 13 nitrogen and oxygen atoms in total. The van der Waals surface area contributed by atoms with Crippen molar-refractivity contribution in [3.05, 3.63) is 157 Å². The molecule has 68 heavy (non-hydrogen) atoms. The van der Waals surface area contributed by atoms with Gasteiger partial charge in [0.2, 0.25) is 12.1 Å². The van der Waals surface area contributed by atoms with Crippen molar-refractivity contribution in [3.63, 3.8) is 0 Å². The second kappa shape index (κ2) is 26.9. The maximum atomic E-state index is 13.4. The highest BCUT2D eigenvalue weighted by Gasteiger charge is 2.35. The number of carbonyl (C=O) groups excluding carboxylic acids is 5. The Morgan fingerprint density at radius 1 is 0.632 bits per heavy atom. The first-order valence-electron chi connectivity index (χ1n) is 22.6. The van der Waals surface area contributed by atoms with Gasteiger partial charge in [-0.05, 0) is 63.5 Å². The van der Waals surface area contributed by atoms with E-state index in [1.165, 1.54) is 13.8 Å². The fourth-order valence-electron chi connectivity index (χ4n) is 8.01. The van der Waals surface area contributed by atoms with Crippen molar-refractivity contribution in [1.82, 2.24) is 5.32 Å². The number of Topliss-reactive ketones (excluding diaryl/α,β-unsaturated/α-hetero) is 2. The average Bonchev–Trinajstić information content (AvgIpc) is 3.52. The summed E-state index contributed by atoms with van der Waals surface area (Å²) in [6.45, 7) is 18.2. The molecule has 13 heteroatoms. The Bertz CT molecular complexity index is 2450. The standard InChI is InChI=1S/C27H31N3O3.C15H13N3O.C12H20O3.CH4/c1-5-11-20(18(4)31)22(16-17(2)3)26(32)30-25-27(33)28-23-15-10-9-14-21(23)24(29-25)19-12-7-6-8-13-19;16-14-15(19)17-12-9-5-4-8-11(12)13(18-14)10-6-2-1-3-7-10;1-5-6-10(9(4)13)11(12(14)15)7-8(2)3;/h5-10,12-15,17,20,22,25H,1,11,16H2,2-4H3,(H,28,33)(H,30,32);1-9,14H,16H2,(H,17,19);5,8,10-11H,1,6-7H2,2-4H3,(H,14,15);1H4/t20-,22?,25?;;10-,11?;/m1.1./s1. The van der Waals surface area contributed by atoms with Crippen molar-refractivity contribution in [1.29, 1.82) is 0 Å². The van der Waals surface area contributed by atoms with E-state index in [9.17, 15) is 28.8 Å². The van der Waals surface area contributed by atoms with Gasteiger partial charge in [0.25, 0.3) is 11.8 Å². The SMILES string of the molecule is C.C=CC[C@H](C(C)=O)C(CC(C)C)C(=O)NC1N=C(c2ccccc2)c2ccccc2NC1=O.C=CC[C@H](C(C)=O)C(CC(C)C)C(=O)O.NC1N=C(c2ccccc2)c2ccccc2NC1=O. The molecule has 4 aromatic carbocycles. The molecule has 4 unspecified atom stereocenters. The van der Waals surface area contributed by atoms with Crippen molar-refractivity contribution in [2.45, 2.75) is 87.0 Å². The summed E-state index contributed by atoms with van der Waals surface area (Å²) in [7, 11) is 0. The van der Waals surface area contributed by atoms with Crippen LogP contribution in [0.4, 0.5) is 11.4 Å². The van der Waals surface area contributed by atoms with Crippen LogP contribution in [0, 0.1) is 35.5 Å². The molecule has 0 aliphatic carbocycles.